The molecule has 33 heavy (non-hydrogen) atoms. The van der Waals surface area contributed by atoms with Gasteiger partial charge in [-0.15, -0.1) is 0 Å². The van der Waals surface area contributed by atoms with Gasteiger partial charge in [0, 0.05) is 12.0 Å². The van der Waals surface area contributed by atoms with Crippen LogP contribution in [0.3, 0.4) is 0 Å². The number of phenols is 1. The van der Waals surface area contributed by atoms with E-state index in [0.29, 0.717) is 22.5 Å². The minimum atomic E-state index is -0.933. The number of benzene rings is 3. The van der Waals surface area contributed by atoms with Crippen molar-refractivity contribution in [2.45, 2.75) is 12.5 Å². The first-order valence-corrected chi connectivity index (χ1v) is 10.1. The number of rotatable bonds is 7. The molecule has 3 aromatic carbocycles. The Bertz CT molecular complexity index is 1140. The zero-order chi connectivity index (χ0) is 23.6. The van der Waals surface area contributed by atoms with Crippen LogP contribution < -0.4 is 16.4 Å². The maximum Gasteiger partial charge on any atom is 0.414 e. The van der Waals surface area contributed by atoms with E-state index in [9.17, 15) is 19.5 Å². The summed E-state index contributed by atoms with van der Waals surface area (Å²) in [4.78, 5) is 36.7. The second-order valence-corrected chi connectivity index (χ2v) is 7.02. The van der Waals surface area contributed by atoms with Crippen LogP contribution in [0, 0.1) is 0 Å². The number of carbonyl (C=O) groups is 3. The van der Waals surface area contributed by atoms with Crippen LogP contribution in [0.4, 0.5) is 16.2 Å². The summed E-state index contributed by atoms with van der Waals surface area (Å²) in [5.41, 5.74) is 7.63. The SMILES string of the molecule is Nc1ccccc1NC(=O)/C=C/C[C@@H](OC(=O)NC(=O)c1ccccc1)c1ccc(O)cc1. The van der Waals surface area contributed by atoms with Crippen molar-refractivity contribution in [1.29, 1.82) is 0 Å². The predicted molar refractivity (Wildman–Crippen MR) is 124 cm³/mol. The topological polar surface area (TPSA) is 131 Å². The fourth-order valence-electron chi connectivity index (χ4n) is 2.94. The van der Waals surface area contributed by atoms with E-state index in [1.807, 2.05) is 0 Å². The lowest BCUT2D eigenvalue weighted by molar-refractivity contribution is -0.111. The molecule has 3 amide bonds. The van der Waals surface area contributed by atoms with E-state index in [2.05, 4.69) is 10.6 Å². The number of hydrogen-bond donors (Lipinski definition) is 4. The molecule has 0 saturated carbocycles. The standard InChI is InChI=1S/C25H23N3O5/c26-20-9-4-5-10-21(20)27-23(30)12-6-11-22(17-13-15-19(29)16-14-17)33-25(32)28-24(31)18-7-2-1-3-8-18/h1-10,12-16,22,29H,11,26H2,(H,27,30)(H,28,31,32)/b12-6+/t22-/m1/s1. The van der Waals surface area contributed by atoms with Gasteiger partial charge in [0.15, 0.2) is 0 Å². The molecule has 0 heterocycles. The number of aromatic hydroxyl groups is 1. The smallest absolute Gasteiger partial charge is 0.414 e. The quantitative estimate of drug-likeness (QED) is 0.319. The number of nitrogens with one attached hydrogen (secondary N) is 2. The zero-order valence-corrected chi connectivity index (χ0v) is 17.6. The highest BCUT2D eigenvalue weighted by Crippen LogP contribution is 2.24. The summed E-state index contributed by atoms with van der Waals surface area (Å²) in [5.74, 6) is -0.946. The normalized spacial score (nSPS) is 11.5. The third kappa shape index (κ3) is 6.96. The van der Waals surface area contributed by atoms with Gasteiger partial charge in [-0.25, -0.2) is 4.79 Å². The van der Waals surface area contributed by atoms with Crippen molar-refractivity contribution in [3.8, 4) is 5.75 Å². The van der Waals surface area contributed by atoms with Crippen molar-refractivity contribution in [2.24, 2.45) is 0 Å². The van der Waals surface area contributed by atoms with Crippen molar-refractivity contribution in [1.82, 2.24) is 5.32 Å². The first-order chi connectivity index (χ1) is 15.9. The maximum atomic E-state index is 12.3. The molecule has 0 aromatic heterocycles. The summed E-state index contributed by atoms with van der Waals surface area (Å²) >= 11 is 0. The van der Waals surface area contributed by atoms with Crippen LogP contribution in [-0.2, 0) is 9.53 Å². The zero-order valence-electron chi connectivity index (χ0n) is 17.6. The van der Waals surface area contributed by atoms with Crippen LogP contribution in [-0.4, -0.2) is 23.0 Å². The molecule has 0 saturated heterocycles. The highest BCUT2D eigenvalue weighted by atomic mass is 16.6. The average Bonchev–Trinajstić information content (AvgIpc) is 2.81. The number of amides is 3. The highest BCUT2D eigenvalue weighted by molar-refractivity contribution is 6.03. The minimum absolute atomic E-state index is 0.0524. The monoisotopic (exact) mass is 445 g/mol. The lowest BCUT2D eigenvalue weighted by Crippen LogP contribution is -2.32. The molecule has 168 valence electrons. The Hall–Kier alpha value is -4.59. The lowest BCUT2D eigenvalue weighted by atomic mass is 10.1. The van der Waals surface area contributed by atoms with Gasteiger partial charge in [-0.1, -0.05) is 48.5 Å². The predicted octanol–water partition coefficient (Wildman–Crippen LogP) is 4.17. The van der Waals surface area contributed by atoms with E-state index in [1.54, 1.807) is 66.7 Å². The van der Waals surface area contributed by atoms with Crippen LogP contribution in [0.5, 0.6) is 5.75 Å². The van der Waals surface area contributed by atoms with E-state index < -0.39 is 24.0 Å². The molecule has 0 fully saturated rings. The summed E-state index contributed by atoms with van der Waals surface area (Å²) in [5, 5.41) is 14.4. The Morgan fingerprint density at radius 3 is 2.30 bits per heavy atom. The lowest BCUT2D eigenvalue weighted by Gasteiger charge is -2.17. The van der Waals surface area contributed by atoms with E-state index >= 15 is 0 Å². The summed E-state index contributed by atoms with van der Waals surface area (Å²) < 4.78 is 5.43. The average molecular weight is 445 g/mol. The number of hydrogen-bond acceptors (Lipinski definition) is 6. The van der Waals surface area contributed by atoms with Crippen LogP contribution in [0.2, 0.25) is 0 Å². The van der Waals surface area contributed by atoms with Gasteiger partial charge < -0.3 is 20.9 Å². The Balaban J connectivity index is 1.65. The molecule has 3 aromatic rings. The van der Waals surface area contributed by atoms with Gasteiger partial charge in [-0.05, 0) is 48.0 Å². The molecule has 3 rings (SSSR count). The largest absolute Gasteiger partial charge is 0.508 e. The number of nitrogen functional groups attached to an aromatic ring is 1. The number of anilines is 2. The van der Waals surface area contributed by atoms with Gasteiger partial charge in [0.2, 0.25) is 5.91 Å². The third-order valence-electron chi connectivity index (χ3n) is 4.60. The van der Waals surface area contributed by atoms with Crippen molar-refractivity contribution in [3.63, 3.8) is 0 Å². The molecule has 0 unspecified atom stereocenters. The minimum Gasteiger partial charge on any atom is -0.508 e. The maximum absolute atomic E-state index is 12.3. The Labute approximate surface area is 190 Å². The van der Waals surface area contributed by atoms with Crippen molar-refractivity contribution >= 4 is 29.3 Å². The molecule has 5 N–H and O–H groups in total. The number of para-hydroxylation sites is 2. The molecule has 0 spiro atoms. The van der Waals surface area contributed by atoms with Gasteiger partial charge in [-0.2, -0.15) is 0 Å². The first kappa shape index (κ1) is 23.1. The first-order valence-electron chi connectivity index (χ1n) is 10.1. The van der Waals surface area contributed by atoms with E-state index in [1.165, 1.54) is 24.3 Å². The summed E-state index contributed by atoms with van der Waals surface area (Å²) in [6, 6.07) is 21.2. The molecule has 0 bridgehead atoms. The molecular weight excluding hydrogens is 422 g/mol. The number of nitrogens with two attached hydrogens (primary N) is 1. The van der Waals surface area contributed by atoms with Gasteiger partial charge in [0.25, 0.3) is 5.91 Å². The van der Waals surface area contributed by atoms with Gasteiger partial charge in [0.1, 0.15) is 11.9 Å². The van der Waals surface area contributed by atoms with Gasteiger partial charge in [0.05, 0.1) is 11.4 Å². The molecule has 8 heteroatoms. The third-order valence-corrected chi connectivity index (χ3v) is 4.60. The van der Waals surface area contributed by atoms with E-state index in [4.69, 9.17) is 10.5 Å². The summed E-state index contributed by atoms with van der Waals surface area (Å²) in [7, 11) is 0. The summed E-state index contributed by atoms with van der Waals surface area (Å²) in [6.45, 7) is 0. The van der Waals surface area contributed by atoms with Crippen LogP contribution in [0.15, 0.2) is 91.0 Å². The molecule has 8 nitrogen and oxygen atoms in total. The molecule has 1 atom stereocenters. The number of alkyl carbamates (subject to hydrolysis) is 1. The molecule has 0 aliphatic carbocycles. The Kier molecular flexibility index (Phi) is 7.80. The van der Waals surface area contributed by atoms with Gasteiger partial charge >= 0.3 is 6.09 Å². The number of carbonyl (C=O) groups excluding carboxylic acids is 3. The van der Waals surface area contributed by atoms with E-state index in [0.717, 1.165) is 0 Å². The summed E-state index contributed by atoms with van der Waals surface area (Å²) in [6.07, 6.45) is 1.25. The van der Waals surface area contributed by atoms with Gasteiger partial charge in [-0.3, -0.25) is 14.9 Å². The molecule has 0 radical (unpaired) electrons. The van der Waals surface area contributed by atoms with Crippen molar-refractivity contribution < 1.29 is 24.2 Å². The number of phenolic OH excluding ortho intramolecular Hbond substituents is 1. The van der Waals surface area contributed by atoms with Crippen LogP contribution in [0.25, 0.3) is 0 Å². The Morgan fingerprint density at radius 2 is 1.61 bits per heavy atom. The molecule has 0 aliphatic rings. The van der Waals surface area contributed by atoms with Crippen molar-refractivity contribution in [2.75, 3.05) is 11.1 Å². The second kappa shape index (κ2) is 11.1. The number of imide groups is 1. The molecular formula is C25H23N3O5. The van der Waals surface area contributed by atoms with Crippen molar-refractivity contribution in [3.05, 3.63) is 102 Å². The van der Waals surface area contributed by atoms with Crippen LogP contribution in [0.1, 0.15) is 28.4 Å². The number of ether oxygens (including phenoxy) is 1. The second-order valence-electron chi connectivity index (χ2n) is 7.02. The van der Waals surface area contributed by atoms with E-state index in [-0.39, 0.29) is 12.2 Å². The highest BCUT2D eigenvalue weighted by Gasteiger charge is 2.18. The Morgan fingerprint density at radius 1 is 0.939 bits per heavy atom. The van der Waals surface area contributed by atoms with Crippen LogP contribution >= 0.6 is 0 Å². The fraction of sp³-hybridized carbons (Fsp3) is 0.0800. The fourth-order valence-corrected chi connectivity index (χ4v) is 2.94. The molecule has 0 aliphatic heterocycles.